The zero-order valence-corrected chi connectivity index (χ0v) is 9.88. The fraction of sp³-hybridized carbons (Fsp3) is 0.0714. The molecule has 2 aromatic rings. The van der Waals surface area contributed by atoms with E-state index in [0.29, 0.717) is 5.56 Å². The van der Waals surface area contributed by atoms with Crippen LogP contribution in [-0.2, 0) is 11.4 Å². The topological polar surface area (TPSA) is 41.8 Å². The predicted octanol–water partition coefficient (Wildman–Crippen LogP) is 3.22. The second-order valence-electron chi connectivity index (χ2n) is 3.80. The summed E-state index contributed by atoms with van der Waals surface area (Å²) in [6.45, 7) is -0.0424. The first-order valence-electron chi connectivity index (χ1n) is 5.54. The van der Waals surface area contributed by atoms with Crippen LogP contribution in [0.15, 0.2) is 47.6 Å². The lowest BCUT2D eigenvalue weighted by atomic mass is 10.2. The van der Waals surface area contributed by atoms with Gasteiger partial charge in [0.1, 0.15) is 24.0 Å². The molecule has 0 aromatic heterocycles. The third kappa shape index (κ3) is 3.51. The molecule has 5 heteroatoms. The molecule has 1 N–H and O–H groups in total. The maximum absolute atomic E-state index is 13.2. The zero-order chi connectivity index (χ0) is 13.7. The van der Waals surface area contributed by atoms with E-state index in [4.69, 9.17) is 4.84 Å². The molecule has 0 fully saturated rings. The molecule has 19 heavy (non-hydrogen) atoms. The molecule has 0 saturated heterocycles. The highest BCUT2D eigenvalue weighted by Crippen LogP contribution is 2.15. The largest absolute Gasteiger partial charge is 0.507 e. The molecular formula is C14H11F2NO2. The zero-order valence-electron chi connectivity index (χ0n) is 9.88. The van der Waals surface area contributed by atoms with Crippen LogP contribution in [0.4, 0.5) is 8.78 Å². The second-order valence-corrected chi connectivity index (χ2v) is 3.80. The van der Waals surface area contributed by atoms with Gasteiger partial charge in [-0.3, -0.25) is 0 Å². The molecule has 98 valence electrons. The molecule has 0 radical (unpaired) electrons. The summed E-state index contributed by atoms with van der Waals surface area (Å²) in [5, 5.41) is 13.0. The SMILES string of the molecule is Oc1ccc(F)cc1/C=N/OCc1ccccc1F. The third-order valence-corrected chi connectivity index (χ3v) is 2.43. The Balaban J connectivity index is 1.97. The summed E-state index contributed by atoms with van der Waals surface area (Å²) in [5.74, 6) is -0.987. The third-order valence-electron chi connectivity index (χ3n) is 2.43. The number of phenols is 1. The summed E-state index contributed by atoms with van der Waals surface area (Å²) in [6, 6.07) is 9.62. The van der Waals surface area contributed by atoms with Crippen LogP contribution in [0.5, 0.6) is 5.75 Å². The summed E-state index contributed by atoms with van der Waals surface area (Å²) in [5.41, 5.74) is 0.552. The smallest absolute Gasteiger partial charge is 0.145 e. The van der Waals surface area contributed by atoms with E-state index in [0.717, 1.165) is 12.1 Å². The van der Waals surface area contributed by atoms with Crippen molar-refractivity contribution in [1.29, 1.82) is 0 Å². The quantitative estimate of drug-likeness (QED) is 0.679. The van der Waals surface area contributed by atoms with Crippen LogP contribution in [-0.4, -0.2) is 11.3 Å². The molecule has 0 aliphatic carbocycles. The average Bonchev–Trinajstić information content (AvgIpc) is 2.40. The highest BCUT2D eigenvalue weighted by molar-refractivity contribution is 5.82. The van der Waals surface area contributed by atoms with Crippen LogP contribution in [0.25, 0.3) is 0 Å². The number of nitrogens with zero attached hydrogens (tertiary/aromatic N) is 1. The van der Waals surface area contributed by atoms with E-state index in [2.05, 4.69) is 5.16 Å². The van der Waals surface area contributed by atoms with Crippen LogP contribution in [0.2, 0.25) is 0 Å². The van der Waals surface area contributed by atoms with Crippen molar-refractivity contribution in [3.63, 3.8) is 0 Å². The summed E-state index contributed by atoms with van der Waals surface area (Å²) >= 11 is 0. The molecular weight excluding hydrogens is 252 g/mol. The number of hydrogen-bond donors (Lipinski definition) is 1. The Morgan fingerprint density at radius 2 is 1.95 bits per heavy atom. The molecule has 0 unspecified atom stereocenters. The minimum absolute atomic E-state index is 0.0424. The molecule has 0 amide bonds. The van der Waals surface area contributed by atoms with Crippen molar-refractivity contribution in [2.24, 2.45) is 5.16 Å². The molecule has 0 bridgehead atoms. The lowest BCUT2D eigenvalue weighted by molar-refractivity contribution is 0.129. The minimum atomic E-state index is -0.492. The van der Waals surface area contributed by atoms with E-state index in [-0.39, 0.29) is 23.7 Å². The number of aromatic hydroxyl groups is 1. The molecule has 0 saturated carbocycles. The summed E-state index contributed by atoms with van der Waals surface area (Å²) in [6.07, 6.45) is 1.17. The van der Waals surface area contributed by atoms with Gasteiger partial charge < -0.3 is 9.94 Å². The van der Waals surface area contributed by atoms with Crippen LogP contribution >= 0.6 is 0 Å². The van der Waals surface area contributed by atoms with Gasteiger partial charge in [-0.2, -0.15) is 0 Å². The van der Waals surface area contributed by atoms with Crippen molar-refractivity contribution in [2.45, 2.75) is 6.61 Å². The van der Waals surface area contributed by atoms with Gasteiger partial charge in [-0.25, -0.2) is 8.78 Å². The first kappa shape index (κ1) is 13.0. The summed E-state index contributed by atoms with van der Waals surface area (Å²) < 4.78 is 26.1. The second kappa shape index (κ2) is 5.95. The fourth-order valence-electron chi connectivity index (χ4n) is 1.45. The maximum atomic E-state index is 13.2. The first-order valence-corrected chi connectivity index (χ1v) is 5.54. The van der Waals surface area contributed by atoms with Crippen LogP contribution < -0.4 is 0 Å². The molecule has 0 aliphatic heterocycles. The Morgan fingerprint density at radius 1 is 1.16 bits per heavy atom. The van der Waals surface area contributed by atoms with Gasteiger partial charge in [-0.1, -0.05) is 23.4 Å². The maximum Gasteiger partial charge on any atom is 0.145 e. The molecule has 2 rings (SSSR count). The molecule has 0 spiro atoms. The number of benzene rings is 2. The minimum Gasteiger partial charge on any atom is -0.507 e. The van der Waals surface area contributed by atoms with Gasteiger partial charge in [0.05, 0.1) is 6.21 Å². The molecule has 3 nitrogen and oxygen atoms in total. The lowest BCUT2D eigenvalue weighted by Gasteiger charge is -2.01. The Bertz CT molecular complexity index is 600. The van der Waals surface area contributed by atoms with Crippen LogP contribution in [0, 0.1) is 11.6 Å². The summed E-state index contributed by atoms with van der Waals surface area (Å²) in [7, 11) is 0. The van der Waals surface area contributed by atoms with E-state index in [1.165, 1.54) is 18.3 Å². The van der Waals surface area contributed by atoms with Gasteiger partial charge in [0.15, 0.2) is 0 Å². The van der Waals surface area contributed by atoms with E-state index in [9.17, 15) is 13.9 Å². The van der Waals surface area contributed by atoms with Gasteiger partial charge in [-0.15, -0.1) is 0 Å². The number of halogens is 2. The normalized spacial score (nSPS) is 10.8. The number of rotatable bonds is 4. The van der Waals surface area contributed by atoms with Gasteiger partial charge in [0, 0.05) is 11.1 Å². The van der Waals surface area contributed by atoms with Crippen molar-refractivity contribution in [1.82, 2.24) is 0 Å². The standard InChI is InChI=1S/C14H11F2NO2/c15-12-5-6-14(18)11(7-12)8-17-19-9-10-3-1-2-4-13(10)16/h1-8,18H,9H2/b17-8+. The van der Waals surface area contributed by atoms with Crippen molar-refractivity contribution < 1.29 is 18.7 Å². The monoisotopic (exact) mass is 263 g/mol. The Morgan fingerprint density at radius 3 is 2.74 bits per heavy atom. The van der Waals surface area contributed by atoms with Gasteiger partial charge >= 0.3 is 0 Å². The van der Waals surface area contributed by atoms with Crippen molar-refractivity contribution in [3.05, 3.63) is 65.2 Å². The van der Waals surface area contributed by atoms with Crippen molar-refractivity contribution >= 4 is 6.21 Å². The van der Waals surface area contributed by atoms with Crippen molar-refractivity contribution in [3.8, 4) is 5.75 Å². The predicted molar refractivity (Wildman–Crippen MR) is 66.8 cm³/mol. The number of phenolic OH excluding ortho intramolecular Hbond substituents is 1. The van der Waals surface area contributed by atoms with Crippen LogP contribution in [0.1, 0.15) is 11.1 Å². The average molecular weight is 263 g/mol. The van der Waals surface area contributed by atoms with E-state index < -0.39 is 5.82 Å². The Hall–Kier alpha value is -2.43. The molecule has 2 aromatic carbocycles. The lowest BCUT2D eigenvalue weighted by Crippen LogP contribution is -1.92. The van der Waals surface area contributed by atoms with E-state index in [1.54, 1.807) is 18.2 Å². The molecule has 0 aliphatic rings. The Kier molecular flexibility index (Phi) is 4.07. The Labute approximate surface area is 108 Å². The van der Waals surface area contributed by atoms with Gasteiger partial charge in [-0.05, 0) is 24.3 Å². The first-order chi connectivity index (χ1) is 9.16. The molecule has 0 heterocycles. The van der Waals surface area contributed by atoms with E-state index in [1.807, 2.05) is 0 Å². The fourth-order valence-corrected chi connectivity index (χ4v) is 1.45. The van der Waals surface area contributed by atoms with Crippen LogP contribution in [0.3, 0.4) is 0 Å². The van der Waals surface area contributed by atoms with Crippen molar-refractivity contribution in [2.75, 3.05) is 0 Å². The van der Waals surface area contributed by atoms with Gasteiger partial charge in [0.2, 0.25) is 0 Å². The van der Waals surface area contributed by atoms with E-state index >= 15 is 0 Å². The highest BCUT2D eigenvalue weighted by Gasteiger charge is 2.01. The molecule has 0 atom stereocenters. The number of hydrogen-bond acceptors (Lipinski definition) is 3. The van der Waals surface area contributed by atoms with Gasteiger partial charge in [0.25, 0.3) is 0 Å². The number of oxime groups is 1. The summed E-state index contributed by atoms with van der Waals surface area (Å²) in [4.78, 5) is 4.90. The highest BCUT2D eigenvalue weighted by atomic mass is 19.1.